The Morgan fingerprint density at radius 1 is 1.70 bits per heavy atom. The monoisotopic (exact) mass is 142 g/mol. The van der Waals surface area contributed by atoms with Gasteiger partial charge in [0.25, 0.3) is 0 Å². The molecule has 1 fully saturated rings. The Morgan fingerprint density at radius 2 is 2.10 bits per heavy atom. The topological polar surface area (TPSA) is 0 Å². The highest BCUT2D eigenvalue weighted by molar-refractivity contribution is 5.20. The average Bonchev–Trinajstić information content (AvgIpc) is 2.38. The van der Waals surface area contributed by atoms with Gasteiger partial charge in [0.2, 0.25) is 0 Å². The highest BCUT2D eigenvalue weighted by Crippen LogP contribution is 2.52. The molecule has 0 heterocycles. The Kier molecular flexibility index (Phi) is 1.61. The van der Waals surface area contributed by atoms with Gasteiger partial charge < -0.3 is 0 Å². The van der Waals surface area contributed by atoms with Crippen LogP contribution < -0.4 is 0 Å². The summed E-state index contributed by atoms with van der Waals surface area (Å²) < 4.78 is 13.0. The first-order chi connectivity index (χ1) is 4.45. The zero-order valence-electron chi connectivity index (χ0n) is 6.95. The largest absolute Gasteiger partial charge is 0.244 e. The average molecular weight is 142 g/mol. The molecule has 1 aliphatic rings. The fourth-order valence-electron chi connectivity index (χ4n) is 1.26. The molecule has 0 aromatic heterocycles. The van der Waals surface area contributed by atoms with Crippen molar-refractivity contribution in [3.05, 3.63) is 12.2 Å². The van der Waals surface area contributed by atoms with Gasteiger partial charge in [-0.05, 0) is 19.3 Å². The van der Waals surface area contributed by atoms with Gasteiger partial charge in [0, 0.05) is 5.92 Å². The molecule has 0 bridgehead atoms. The van der Waals surface area contributed by atoms with E-state index in [1.807, 2.05) is 0 Å². The van der Waals surface area contributed by atoms with E-state index < -0.39 is 5.67 Å². The Balaban J connectivity index is 2.48. The van der Waals surface area contributed by atoms with Gasteiger partial charge in [-0.25, -0.2) is 4.39 Å². The smallest absolute Gasteiger partial charge is 0.115 e. The molecule has 1 aliphatic carbocycles. The van der Waals surface area contributed by atoms with Gasteiger partial charge in [-0.3, -0.25) is 0 Å². The first-order valence-corrected chi connectivity index (χ1v) is 3.83. The summed E-state index contributed by atoms with van der Waals surface area (Å²) in [5.74, 6) is 0.579. The Hall–Kier alpha value is -0.330. The molecule has 1 saturated carbocycles. The van der Waals surface area contributed by atoms with Crippen LogP contribution in [0.5, 0.6) is 0 Å². The van der Waals surface area contributed by atoms with Gasteiger partial charge in [-0.1, -0.05) is 26.0 Å². The van der Waals surface area contributed by atoms with Crippen LogP contribution in [0.2, 0.25) is 0 Å². The van der Waals surface area contributed by atoms with E-state index in [0.717, 1.165) is 5.57 Å². The fraction of sp³-hybridized carbons (Fsp3) is 0.778. The van der Waals surface area contributed by atoms with Crippen molar-refractivity contribution in [3.63, 3.8) is 0 Å². The normalized spacial score (nSPS) is 38.3. The van der Waals surface area contributed by atoms with Crippen molar-refractivity contribution >= 4 is 0 Å². The molecule has 2 unspecified atom stereocenters. The predicted octanol–water partition coefficient (Wildman–Crippen LogP) is 2.95. The number of halogens is 1. The number of rotatable bonds is 2. The maximum absolute atomic E-state index is 13.0. The second-order valence-corrected chi connectivity index (χ2v) is 3.76. The number of hydrogen-bond donors (Lipinski definition) is 0. The van der Waals surface area contributed by atoms with Gasteiger partial charge in [-0.15, -0.1) is 0 Å². The second kappa shape index (κ2) is 2.08. The van der Waals surface area contributed by atoms with E-state index in [1.165, 1.54) is 0 Å². The van der Waals surface area contributed by atoms with Crippen molar-refractivity contribution < 1.29 is 4.39 Å². The second-order valence-electron chi connectivity index (χ2n) is 3.76. The Bertz CT molecular complexity index is 156. The molecule has 2 atom stereocenters. The highest BCUT2D eigenvalue weighted by Gasteiger charge is 2.52. The number of alkyl halides is 1. The standard InChI is InChI=1S/C9H15F/c1-6(2)7(3)8-5-9(8,4)10/h6,8H,3,5H2,1-2,4H3. The van der Waals surface area contributed by atoms with Crippen LogP contribution in [0, 0.1) is 11.8 Å². The molecule has 0 aromatic carbocycles. The molecule has 1 heteroatoms. The van der Waals surface area contributed by atoms with E-state index in [0.29, 0.717) is 12.3 Å². The quantitative estimate of drug-likeness (QED) is 0.520. The van der Waals surface area contributed by atoms with Crippen LogP contribution >= 0.6 is 0 Å². The van der Waals surface area contributed by atoms with Crippen LogP contribution in [0.25, 0.3) is 0 Å². The molecular formula is C9H15F. The van der Waals surface area contributed by atoms with Gasteiger partial charge in [-0.2, -0.15) is 0 Å². The summed E-state index contributed by atoms with van der Waals surface area (Å²) in [6.45, 7) is 9.66. The van der Waals surface area contributed by atoms with Crippen LogP contribution in [0.15, 0.2) is 12.2 Å². The van der Waals surface area contributed by atoms with Crippen LogP contribution in [0.3, 0.4) is 0 Å². The minimum absolute atomic E-state index is 0.146. The van der Waals surface area contributed by atoms with Gasteiger partial charge in [0.05, 0.1) is 0 Å². The van der Waals surface area contributed by atoms with Crippen LogP contribution in [0.4, 0.5) is 4.39 Å². The molecule has 0 saturated heterocycles. The first kappa shape index (κ1) is 7.77. The third-order valence-electron chi connectivity index (χ3n) is 2.36. The molecule has 0 spiro atoms. The molecule has 10 heavy (non-hydrogen) atoms. The molecule has 0 nitrogen and oxygen atoms in total. The summed E-state index contributed by atoms with van der Waals surface area (Å²) in [5.41, 5.74) is 0.145. The third-order valence-corrected chi connectivity index (χ3v) is 2.36. The van der Waals surface area contributed by atoms with Crippen molar-refractivity contribution in [2.45, 2.75) is 32.9 Å². The van der Waals surface area contributed by atoms with Crippen molar-refractivity contribution in [2.24, 2.45) is 11.8 Å². The van der Waals surface area contributed by atoms with Crippen molar-refractivity contribution in [1.29, 1.82) is 0 Å². The minimum Gasteiger partial charge on any atom is -0.244 e. The summed E-state index contributed by atoms with van der Waals surface area (Å²) >= 11 is 0. The van der Waals surface area contributed by atoms with Crippen LogP contribution in [-0.4, -0.2) is 5.67 Å². The summed E-state index contributed by atoms with van der Waals surface area (Å²) in [4.78, 5) is 0. The SMILES string of the molecule is C=C(C(C)C)C1CC1(C)F. The van der Waals surface area contributed by atoms with E-state index >= 15 is 0 Å². The number of hydrogen-bond acceptors (Lipinski definition) is 0. The van der Waals surface area contributed by atoms with E-state index in [9.17, 15) is 4.39 Å². The lowest BCUT2D eigenvalue weighted by molar-refractivity contribution is 0.315. The maximum atomic E-state index is 13.0. The van der Waals surface area contributed by atoms with E-state index in [1.54, 1.807) is 6.92 Å². The Morgan fingerprint density at radius 3 is 2.20 bits per heavy atom. The summed E-state index contributed by atoms with van der Waals surface area (Å²) in [6, 6.07) is 0. The zero-order chi connectivity index (χ0) is 7.94. The lowest BCUT2D eigenvalue weighted by atomic mass is 9.99. The minimum atomic E-state index is -0.929. The lowest BCUT2D eigenvalue weighted by Gasteiger charge is -2.08. The van der Waals surface area contributed by atoms with Crippen LogP contribution in [0.1, 0.15) is 27.2 Å². The predicted molar refractivity (Wildman–Crippen MR) is 41.6 cm³/mol. The zero-order valence-corrected chi connectivity index (χ0v) is 6.95. The maximum Gasteiger partial charge on any atom is 0.115 e. The van der Waals surface area contributed by atoms with Crippen molar-refractivity contribution in [2.75, 3.05) is 0 Å². The molecule has 0 amide bonds. The molecule has 0 radical (unpaired) electrons. The van der Waals surface area contributed by atoms with E-state index in [2.05, 4.69) is 20.4 Å². The summed E-state index contributed by atoms with van der Waals surface area (Å²) in [6.07, 6.45) is 0.685. The molecule has 1 rings (SSSR count). The fourth-order valence-corrected chi connectivity index (χ4v) is 1.26. The van der Waals surface area contributed by atoms with E-state index in [4.69, 9.17) is 0 Å². The van der Waals surface area contributed by atoms with Gasteiger partial charge >= 0.3 is 0 Å². The first-order valence-electron chi connectivity index (χ1n) is 3.83. The molecule has 0 aliphatic heterocycles. The Labute approximate surface area is 62.1 Å². The summed E-state index contributed by atoms with van der Waals surface area (Å²) in [7, 11) is 0. The third kappa shape index (κ3) is 1.23. The van der Waals surface area contributed by atoms with Gasteiger partial charge in [0.1, 0.15) is 5.67 Å². The van der Waals surface area contributed by atoms with Crippen molar-refractivity contribution in [3.8, 4) is 0 Å². The number of allylic oxidation sites excluding steroid dienone is 1. The lowest BCUT2D eigenvalue weighted by Crippen LogP contribution is -2.02. The van der Waals surface area contributed by atoms with E-state index in [-0.39, 0.29) is 5.92 Å². The summed E-state index contributed by atoms with van der Waals surface area (Å²) in [5, 5.41) is 0. The molecular weight excluding hydrogens is 127 g/mol. The highest BCUT2D eigenvalue weighted by atomic mass is 19.1. The molecule has 0 aromatic rings. The van der Waals surface area contributed by atoms with Gasteiger partial charge in [0.15, 0.2) is 0 Å². The van der Waals surface area contributed by atoms with Crippen molar-refractivity contribution in [1.82, 2.24) is 0 Å². The van der Waals surface area contributed by atoms with Crippen LogP contribution in [-0.2, 0) is 0 Å². The molecule has 0 N–H and O–H groups in total. The molecule has 58 valence electrons.